The minimum absolute atomic E-state index is 0.149. The van der Waals surface area contributed by atoms with Gasteiger partial charge in [-0.2, -0.15) is 0 Å². The van der Waals surface area contributed by atoms with E-state index in [0.29, 0.717) is 6.54 Å². The zero-order chi connectivity index (χ0) is 12.3. The number of hydrogen-bond acceptors (Lipinski definition) is 3. The van der Waals surface area contributed by atoms with Crippen molar-refractivity contribution in [2.75, 3.05) is 26.2 Å². The SMILES string of the molecule is CCCC1(C(=O)N2CC[C@@H](O)C2)CCNCC1. The van der Waals surface area contributed by atoms with Gasteiger partial charge in [-0.05, 0) is 38.8 Å². The van der Waals surface area contributed by atoms with E-state index in [1.54, 1.807) is 0 Å². The predicted octanol–water partition coefficient (Wildman–Crippen LogP) is 0.750. The number of aliphatic hydroxyl groups is 1. The van der Waals surface area contributed by atoms with Crippen LogP contribution in [-0.4, -0.2) is 48.2 Å². The van der Waals surface area contributed by atoms with E-state index in [1.807, 2.05) is 4.90 Å². The fourth-order valence-electron chi connectivity index (χ4n) is 3.22. The van der Waals surface area contributed by atoms with E-state index in [0.717, 1.165) is 51.7 Å². The number of carbonyl (C=O) groups excluding carboxylic acids is 1. The molecule has 0 aromatic rings. The summed E-state index contributed by atoms with van der Waals surface area (Å²) in [6, 6.07) is 0. The minimum atomic E-state index is -0.306. The summed E-state index contributed by atoms with van der Waals surface area (Å²) in [5.41, 5.74) is -0.149. The standard InChI is InChI=1S/C13H24N2O2/c1-2-4-13(5-7-14-8-6-13)12(17)15-9-3-11(16)10-15/h11,14,16H,2-10H2,1H3/t11-/m1/s1. The number of likely N-dealkylation sites (tertiary alicyclic amines) is 1. The molecular formula is C13H24N2O2. The van der Waals surface area contributed by atoms with Gasteiger partial charge in [0, 0.05) is 13.1 Å². The maximum absolute atomic E-state index is 12.6. The van der Waals surface area contributed by atoms with Crippen molar-refractivity contribution in [1.82, 2.24) is 10.2 Å². The minimum Gasteiger partial charge on any atom is -0.391 e. The van der Waals surface area contributed by atoms with Crippen LogP contribution >= 0.6 is 0 Å². The van der Waals surface area contributed by atoms with E-state index in [4.69, 9.17) is 0 Å². The van der Waals surface area contributed by atoms with E-state index in [1.165, 1.54) is 0 Å². The summed E-state index contributed by atoms with van der Waals surface area (Å²) in [7, 11) is 0. The quantitative estimate of drug-likeness (QED) is 0.765. The molecule has 98 valence electrons. The Kier molecular flexibility index (Phi) is 4.05. The van der Waals surface area contributed by atoms with Gasteiger partial charge in [0.1, 0.15) is 0 Å². The molecule has 0 aromatic heterocycles. The third-order valence-corrected chi connectivity index (χ3v) is 4.19. The van der Waals surface area contributed by atoms with Gasteiger partial charge in [-0.1, -0.05) is 13.3 Å². The molecule has 17 heavy (non-hydrogen) atoms. The van der Waals surface area contributed by atoms with Gasteiger partial charge in [0.25, 0.3) is 0 Å². The second-order valence-corrected chi connectivity index (χ2v) is 5.47. The lowest BCUT2D eigenvalue weighted by Gasteiger charge is -2.39. The molecule has 2 heterocycles. The van der Waals surface area contributed by atoms with Crippen LogP contribution in [0.15, 0.2) is 0 Å². The second kappa shape index (κ2) is 5.36. The molecule has 1 atom stereocenters. The Morgan fingerprint density at radius 1 is 1.47 bits per heavy atom. The Morgan fingerprint density at radius 3 is 2.71 bits per heavy atom. The highest BCUT2D eigenvalue weighted by atomic mass is 16.3. The lowest BCUT2D eigenvalue weighted by molar-refractivity contribution is -0.143. The first-order valence-electron chi connectivity index (χ1n) is 6.86. The van der Waals surface area contributed by atoms with Crippen molar-refractivity contribution in [1.29, 1.82) is 0 Å². The van der Waals surface area contributed by atoms with E-state index in [9.17, 15) is 9.90 Å². The maximum Gasteiger partial charge on any atom is 0.228 e. The van der Waals surface area contributed by atoms with Crippen LogP contribution in [0.2, 0.25) is 0 Å². The fourth-order valence-corrected chi connectivity index (χ4v) is 3.22. The molecule has 2 aliphatic heterocycles. The van der Waals surface area contributed by atoms with Crippen molar-refractivity contribution in [3.63, 3.8) is 0 Å². The molecule has 0 aliphatic carbocycles. The van der Waals surface area contributed by atoms with Gasteiger partial charge in [-0.3, -0.25) is 4.79 Å². The van der Waals surface area contributed by atoms with E-state index < -0.39 is 0 Å². The molecule has 2 N–H and O–H groups in total. The van der Waals surface area contributed by atoms with Crippen molar-refractivity contribution in [2.45, 2.75) is 45.1 Å². The molecule has 0 radical (unpaired) electrons. The molecule has 0 aromatic carbocycles. The van der Waals surface area contributed by atoms with Gasteiger partial charge in [0.05, 0.1) is 11.5 Å². The number of piperidine rings is 1. The number of rotatable bonds is 3. The Balaban J connectivity index is 2.06. The smallest absolute Gasteiger partial charge is 0.228 e. The zero-order valence-corrected chi connectivity index (χ0v) is 10.7. The van der Waals surface area contributed by atoms with Crippen LogP contribution in [0.4, 0.5) is 0 Å². The first-order chi connectivity index (χ1) is 8.18. The maximum atomic E-state index is 12.6. The van der Waals surface area contributed by atoms with Crippen molar-refractivity contribution in [3.05, 3.63) is 0 Å². The van der Waals surface area contributed by atoms with E-state index >= 15 is 0 Å². The van der Waals surface area contributed by atoms with Gasteiger partial charge >= 0.3 is 0 Å². The summed E-state index contributed by atoms with van der Waals surface area (Å²) in [5.74, 6) is 0.289. The Labute approximate surface area is 103 Å². The van der Waals surface area contributed by atoms with Gasteiger partial charge in [0.2, 0.25) is 5.91 Å². The third-order valence-electron chi connectivity index (χ3n) is 4.19. The summed E-state index contributed by atoms with van der Waals surface area (Å²) in [6.07, 6.45) is 4.38. The average molecular weight is 240 g/mol. The van der Waals surface area contributed by atoms with Gasteiger partial charge in [-0.25, -0.2) is 0 Å². The molecular weight excluding hydrogens is 216 g/mol. The van der Waals surface area contributed by atoms with Crippen LogP contribution in [0, 0.1) is 5.41 Å². The number of β-amino-alcohol motifs (C(OH)–C–C–N with tert-alkyl or cyclic N) is 1. The second-order valence-electron chi connectivity index (χ2n) is 5.47. The van der Waals surface area contributed by atoms with Gasteiger partial charge in [0.15, 0.2) is 0 Å². The van der Waals surface area contributed by atoms with Gasteiger partial charge < -0.3 is 15.3 Å². The van der Waals surface area contributed by atoms with Crippen LogP contribution in [-0.2, 0) is 4.79 Å². The van der Waals surface area contributed by atoms with Crippen LogP contribution < -0.4 is 5.32 Å². The van der Waals surface area contributed by atoms with Crippen molar-refractivity contribution in [3.8, 4) is 0 Å². The number of hydrogen-bond donors (Lipinski definition) is 2. The van der Waals surface area contributed by atoms with Crippen LogP contribution in [0.5, 0.6) is 0 Å². The highest BCUT2D eigenvalue weighted by molar-refractivity contribution is 5.83. The lowest BCUT2D eigenvalue weighted by atomic mass is 9.74. The van der Waals surface area contributed by atoms with E-state index in [-0.39, 0.29) is 17.4 Å². The highest BCUT2D eigenvalue weighted by Gasteiger charge is 2.42. The molecule has 2 fully saturated rings. The molecule has 0 saturated carbocycles. The number of nitrogens with one attached hydrogen (secondary N) is 1. The Hall–Kier alpha value is -0.610. The molecule has 2 aliphatic rings. The van der Waals surface area contributed by atoms with E-state index in [2.05, 4.69) is 12.2 Å². The highest BCUT2D eigenvalue weighted by Crippen LogP contribution is 2.36. The molecule has 0 unspecified atom stereocenters. The third kappa shape index (κ3) is 2.63. The van der Waals surface area contributed by atoms with Gasteiger partial charge in [-0.15, -0.1) is 0 Å². The summed E-state index contributed by atoms with van der Waals surface area (Å²) in [6.45, 7) is 5.32. The van der Waals surface area contributed by atoms with Crippen molar-refractivity contribution >= 4 is 5.91 Å². The predicted molar refractivity (Wildman–Crippen MR) is 66.6 cm³/mol. The molecule has 1 amide bonds. The van der Waals surface area contributed by atoms with Crippen molar-refractivity contribution < 1.29 is 9.90 Å². The van der Waals surface area contributed by atoms with Crippen LogP contribution in [0.25, 0.3) is 0 Å². The Morgan fingerprint density at radius 2 is 2.18 bits per heavy atom. The van der Waals surface area contributed by atoms with Crippen LogP contribution in [0.3, 0.4) is 0 Å². The summed E-state index contributed by atoms with van der Waals surface area (Å²) in [5, 5.41) is 12.9. The molecule has 2 saturated heterocycles. The summed E-state index contributed by atoms with van der Waals surface area (Å²) in [4.78, 5) is 14.5. The number of aliphatic hydroxyl groups excluding tert-OH is 1. The monoisotopic (exact) mass is 240 g/mol. The normalized spacial score (nSPS) is 28.4. The fraction of sp³-hybridized carbons (Fsp3) is 0.923. The topological polar surface area (TPSA) is 52.6 Å². The summed E-state index contributed by atoms with van der Waals surface area (Å²) < 4.78 is 0. The Bertz CT molecular complexity index is 269. The zero-order valence-electron chi connectivity index (χ0n) is 10.7. The first-order valence-corrected chi connectivity index (χ1v) is 6.86. The number of carbonyl (C=O) groups is 1. The largest absolute Gasteiger partial charge is 0.391 e. The molecule has 0 bridgehead atoms. The molecule has 2 rings (SSSR count). The molecule has 0 spiro atoms. The number of nitrogens with zero attached hydrogens (tertiary/aromatic N) is 1. The average Bonchev–Trinajstić information content (AvgIpc) is 2.76. The van der Waals surface area contributed by atoms with Crippen LogP contribution in [0.1, 0.15) is 39.0 Å². The summed E-state index contributed by atoms with van der Waals surface area (Å²) >= 11 is 0. The molecule has 4 heteroatoms. The number of amides is 1. The lowest BCUT2D eigenvalue weighted by Crippen LogP contribution is -2.48. The first kappa shape index (κ1) is 12.8. The molecule has 4 nitrogen and oxygen atoms in total. The van der Waals surface area contributed by atoms with Crippen molar-refractivity contribution in [2.24, 2.45) is 5.41 Å².